The van der Waals surface area contributed by atoms with E-state index in [1.165, 1.54) is 12.8 Å². The minimum absolute atomic E-state index is 0. The third kappa shape index (κ3) is 5.09. The van der Waals surface area contributed by atoms with Crippen molar-refractivity contribution in [2.24, 2.45) is 12.0 Å². The lowest BCUT2D eigenvalue weighted by molar-refractivity contribution is 0.464. The smallest absolute Gasteiger partial charge is 0.194 e. The first-order valence-electron chi connectivity index (χ1n) is 8.07. The van der Waals surface area contributed by atoms with Gasteiger partial charge >= 0.3 is 0 Å². The van der Waals surface area contributed by atoms with Crippen molar-refractivity contribution in [1.29, 1.82) is 0 Å². The fraction of sp³-hybridized carbons (Fsp3) is 0.529. The molecular weight excluding hydrogens is 401 g/mol. The molecule has 2 aromatic rings. The van der Waals surface area contributed by atoms with Crippen molar-refractivity contribution >= 4 is 41.0 Å². The number of benzene rings is 1. The van der Waals surface area contributed by atoms with Gasteiger partial charge in [-0.15, -0.1) is 24.0 Å². The molecule has 0 amide bonds. The van der Waals surface area contributed by atoms with Crippen LogP contribution in [0.15, 0.2) is 29.3 Å². The van der Waals surface area contributed by atoms with E-state index in [0.717, 1.165) is 35.9 Å². The quantitative estimate of drug-likeness (QED) is 0.435. The Balaban J connectivity index is 0.00000264. The van der Waals surface area contributed by atoms with Gasteiger partial charge in [-0.3, -0.25) is 0 Å². The Bertz CT molecular complexity index is 635. The van der Waals surface area contributed by atoms with Gasteiger partial charge in [-0.05, 0) is 25.5 Å². The molecule has 1 aromatic carbocycles. The maximum Gasteiger partial charge on any atom is 0.194 e. The van der Waals surface area contributed by atoms with Crippen LogP contribution in [0.25, 0.3) is 11.0 Å². The van der Waals surface area contributed by atoms with Gasteiger partial charge in [0, 0.05) is 27.2 Å². The van der Waals surface area contributed by atoms with Crippen molar-refractivity contribution in [3.05, 3.63) is 30.1 Å². The van der Waals surface area contributed by atoms with Gasteiger partial charge in [0.05, 0.1) is 11.0 Å². The largest absolute Gasteiger partial charge is 0.357 e. The van der Waals surface area contributed by atoms with Crippen LogP contribution in [0.1, 0.15) is 32.5 Å². The van der Waals surface area contributed by atoms with E-state index in [1.54, 1.807) is 0 Å². The molecular formula is C17H28IN5. The Hall–Kier alpha value is -1.31. The molecule has 0 unspecified atom stereocenters. The number of imidazole rings is 1. The molecule has 2 rings (SSSR count). The van der Waals surface area contributed by atoms with Crippen LogP contribution in [0.3, 0.4) is 0 Å². The number of fused-ring (bicyclic) bond motifs is 1. The summed E-state index contributed by atoms with van der Waals surface area (Å²) in [6, 6.07) is 8.19. The van der Waals surface area contributed by atoms with Gasteiger partial charge in [0.2, 0.25) is 0 Å². The summed E-state index contributed by atoms with van der Waals surface area (Å²) in [5, 5.41) is 3.35. The molecule has 0 atom stereocenters. The van der Waals surface area contributed by atoms with Crippen LogP contribution in [0.5, 0.6) is 0 Å². The number of hydrogen-bond acceptors (Lipinski definition) is 2. The van der Waals surface area contributed by atoms with Crippen LogP contribution < -0.4 is 5.32 Å². The van der Waals surface area contributed by atoms with Crippen LogP contribution in [-0.2, 0) is 13.6 Å². The van der Waals surface area contributed by atoms with Crippen molar-refractivity contribution < 1.29 is 0 Å². The van der Waals surface area contributed by atoms with E-state index >= 15 is 0 Å². The minimum Gasteiger partial charge on any atom is -0.357 e. The lowest BCUT2D eigenvalue weighted by Crippen LogP contribution is -2.39. The molecule has 0 fully saturated rings. The number of aryl methyl sites for hydroxylation is 1. The van der Waals surface area contributed by atoms with Crippen molar-refractivity contribution in [3.63, 3.8) is 0 Å². The molecule has 128 valence electrons. The van der Waals surface area contributed by atoms with Crippen molar-refractivity contribution in [2.45, 2.75) is 33.2 Å². The summed E-state index contributed by atoms with van der Waals surface area (Å²) >= 11 is 0. The molecule has 0 radical (unpaired) electrons. The Morgan fingerprint density at radius 1 is 1.30 bits per heavy atom. The minimum atomic E-state index is 0. The first kappa shape index (κ1) is 19.7. The summed E-state index contributed by atoms with van der Waals surface area (Å²) in [6.45, 7) is 6.78. The SMILES string of the molecule is CCCCN(C)C(=NCc1nc2ccccc2n1C)NCC.I. The van der Waals surface area contributed by atoms with Gasteiger partial charge in [0.15, 0.2) is 5.96 Å². The first-order valence-corrected chi connectivity index (χ1v) is 8.07. The van der Waals surface area contributed by atoms with E-state index in [4.69, 9.17) is 4.99 Å². The maximum absolute atomic E-state index is 4.74. The molecule has 1 aromatic heterocycles. The molecule has 0 aliphatic rings. The molecule has 0 spiro atoms. The van der Waals surface area contributed by atoms with Crippen LogP contribution in [0, 0.1) is 0 Å². The van der Waals surface area contributed by atoms with Crippen LogP contribution in [-0.4, -0.2) is 40.5 Å². The second-order valence-electron chi connectivity index (χ2n) is 5.52. The van der Waals surface area contributed by atoms with E-state index in [0.29, 0.717) is 6.54 Å². The predicted molar refractivity (Wildman–Crippen MR) is 108 cm³/mol. The van der Waals surface area contributed by atoms with Gasteiger partial charge in [0.25, 0.3) is 0 Å². The number of guanidine groups is 1. The lowest BCUT2D eigenvalue weighted by Gasteiger charge is -2.21. The van der Waals surface area contributed by atoms with Crippen LogP contribution in [0.4, 0.5) is 0 Å². The normalized spacial score (nSPS) is 11.4. The zero-order valence-electron chi connectivity index (χ0n) is 14.5. The highest BCUT2D eigenvalue weighted by Crippen LogP contribution is 2.14. The van der Waals surface area contributed by atoms with E-state index in [1.807, 2.05) is 25.2 Å². The Morgan fingerprint density at radius 2 is 2.04 bits per heavy atom. The third-order valence-electron chi connectivity index (χ3n) is 3.79. The van der Waals surface area contributed by atoms with Gasteiger partial charge in [-0.1, -0.05) is 25.5 Å². The Morgan fingerprint density at radius 3 is 2.70 bits per heavy atom. The predicted octanol–water partition coefficient (Wildman–Crippen LogP) is 3.39. The second kappa shape index (κ2) is 9.75. The third-order valence-corrected chi connectivity index (χ3v) is 3.79. The lowest BCUT2D eigenvalue weighted by atomic mass is 10.3. The number of nitrogens with zero attached hydrogens (tertiary/aromatic N) is 4. The number of rotatable bonds is 6. The van der Waals surface area contributed by atoms with E-state index in [2.05, 4.69) is 46.7 Å². The van der Waals surface area contributed by atoms with Gasteiger partial charge < -0.3 is 14.8 Å². The molecule has 5 nitrogen and oxygen atoms in total. The highest BCUT2D eigenvalue weighted by atomic mass is 127. The molecule has 0 saturated carbocycles. The molecule has 0 saturated heterocycles. The molecule has 23 heavy (non-hydrogen) atoms. The average Bonchev–Trinajstić information content (AvgIpc) is 2.86. The molecule has 6 heteroatoms. The van der Waals surface area contributed by atoms with Crippen LogP contribution >= 0.6 is 24.0 Å². The summed E-state index contributed by atoms with van der Waals surface area (Å²) in [5.41, 5.74) is 2.18. The molecule has 0 bridgehead atoms. The van der Waals surface area contributed by atoms with Crippen LogP contribution in [0.2, 0.25) is 0 Å². The van der Waals surface area contributed by atoms with Gasteiger partial charge in [-0.2, -0.15) is 0 Å². The first-order chi connectivity index (χ1) is 10.7. The Kier molecular flexibility index (Phi) is 8.36. The zero-order valence-corrected chi connectivity index (χ0v) is 16.9. The molecule has 0 aliphatic carbocycles. The molecule has 0 aliphatic heterocycles. The summed E-state index contributed by atoms with van der Waals surface area (Å²) in [5.74, 6) is 1.93. The Labute approximate surface area is 156 Å². The van der Waals surface area contributed by atoms with Crippen molar-refractivity contribution in [1.82, 2.24) is 19.8 Å². The number of unbranched alkanes of at least 4 members (excludes halogenated alkanes) is 1. The number of halogens is 1. The summed E-state index contributed by atoms with van der Waals surface area (Å²) in [4.78, 5) is 11.6. The molecule has 1 heterocycles. The fourth-order valence-corrected chi connectivity index (χ4v) is 2.45. The van der Waals surface area contributed by atoms with E-state index in [9.17, 15) is 0 Å². The summed E-state index contributed by atoms with van der Waals surface area (Å²) < 4.78 is 2.12. The molecule has 1 N–H and O–H groups in total. The average molecular weight is 429 g/mol. The highest BCUT2D eigenvalue weighted by molar-refractivity contribution is 14.0. The number of nitrogens with one attached hydrogen (secondary N) is 1. The second-order valence-corrected chi connectivity index (χ2v) is 5.52. The highest BCUT2D eigenvalue weighted by Gasteiger charge is 2.08. The van der Waals surface area contributed by atoms with Gasteiger partial charge in [-0.25, -0.2) is 9.98 Å². The fourth-order valence-electron chi connectivity index (χ4n) is 2.45. The van der Waals surface area contributed by atoms with Gasteiger partial charge in [0.1, 0.15) is 12.4 Å². The number of aliphatic imine (C=N–C) groups is 1. The monoisotopic (exact) mass is 429 g/mol. The van der Waals surface area contributed by atoms with E-state index < -0.39 is 0 Å². The summed E-state index contributed by atoms with van der Waals surface area (Å²) in [6.07, 6.45) is 2.36. The van der Waals surface area contributed by atoms with Crippen molar-refractivity contribution in [2.75, 3.05) is 20.1 Å². The number of hydrogen-bond donors (Lipinski definition) is 1. The van der Waals surface area contributed by atoms with Crippen molar-refractivity contribution in [3.8, 4) is 0 Å². The topological polar surface area (TPSA) is 45.5 Å². The standard InChI is InChI=1S/C17H27N5.HI/c1-5-7-12-21(3)17(18-6-2)19-13-16-20-14-10-8-9-11-15(14)22(16)4;/h8-11H,5-7,12-13H2,1-4H3,(H,18,19);1H. The maximum atomic E-state index is 4.74. The number of para-hydroxylation sites is 2. The van der Waals surface area contributed by atoms with E-state index in [-0.39, 0.29) is 24.0 Å². The zero-order chi connectivity index (χ0) is 15.9. The summed E-state index contributed by atoms with van der Waals surface area (Å²) in [7, 11) is 4.14. The number of aromatic nitrogens is 2.